The summed E-state index contributed by atoms with van der Waals surface area (Å²) in [5.41, 5.74) is -0.216. The summed E-state index contributed by atoms with van der Waals surface area (Å²) in [6.45, 7) is 4.18. The van der Waals surface area contributed by atoms with Crippen LogP contribution < -0.4 is 0 Å². The maximum atomic E-state index is 11.7. The SMILES string of the molecule is C[C@]12CC[C@H](CC1=O)[C@@]2(C)CC#N. The molecule has 70 valence electrons. The predicted octanol–water partition coefficient (Wildman–Crippen LogP) is 2.30. The summed E-state index contributed by atoms with van der Waals surface area (Å²) >= 11 is 0. The molecule has 0 saturated heterocycles. The van der Waals surface area contributed by atoms with Crippen LogP contribution in [0.1, 0.15) is 39.5 Å². The van der Waals surface area contributed by atoms with Crippen LogP contribution in [-0.2, 0) is 4.79 Å². The van der Waals surface area contributed by atoms with Crippen molar-refractivity contribution in [2.24, 2.45) is 16.7 Å². The minimum Gasteiger partial charge on any atom is -0.299 e. The largest absolute Gasteiger partial charge is 0.299 e. The van der Waals surface area contributed by atoms with Gasteiger partial charge in [0.05, 0.1) is 6.07 Å². The summed E-state index contributed by atoms with van der Waals surface area (Å²) in [6.07, 6.45) is 3.39. The molecule has 0 heterocycles. The van der Waals surface area contributed by atoms with Gasteiger partial charge in [0.1, 0.15) is 5.78 Å². The second kappa shape index (κ2) is 2.35. The number of nitrogens with zero attached hydrogens (tertiary/aromatic N) is 1. The highest BCUT2D eigenvalue weighted by molar-refractivity contribution is 5.89. The van der Waals surface area contributed by atoms with Crippen LogP contribution in [0.25, 0.3) is 0 Å². The number of hydrogen-bond donors (Lipinski definition) is 0. The quantitative estimate of drug-likeness (QED) is 0.616. The first kappa shape index (κ1) is 8.74. The van der Waals surface area contributed by atoms with Crippen molar-refractivity contribution in [1.82, 2.24) is 0 Å². The van der Waals surface area contributed by atoms with Crippen molar-refractivity contribution >= 4 is 5.78 Å². The lowest BCUT2D eigenvalue weighted by Gasteiger charge is -2.34. The van der Waals surface area contributed by atoms with Crippen LogP contribution in [0.4, 0.5) is 0 Å². The molecule has 0 aromatic carbocycles. The van der Waals surface area contributed by atoms with Gasteiger partial charge in [-0.2, -0.15) is 5.26 Å². The zero-order chi connectivity index (χ0) is 9.69. The fourth-order valence-corrected chi connectivity index (χ4v) is 3.26. The fraction of sp³-hybridized carbons (Fsp3) is 0.818. The minimum atomic E-state index is -0.187. The number of hydrogen-bond acceptors (Lipinski definition) is 2. The maximum absolute atomic E-state index is 11.7. The molecule has 0 aromatic heterocycles. The molecule has 2 aliphatic carbocycles. The van der Waals surface area contributed by atoms with E-state index >= 15 is 0 Å². The Hall–Kier alpha value is -0.840. The highest BCUT2D eigenvalue weighted by Crippen LogP contribution is 2.65. The van der Waals surface area contributed by atoms with Gasteiger partial charge in [-0.25, -0.2) is 0 Å². The lowest BCUT2D eigenvalue weighted by atomic mass is 9.67. The summed E-state index contributed by atoms with van der Waals surface area (Å²) in [6, 6.07) is 2.24. The van der Waals surface area contributed by atoms with E-state index in [2.05, 4.69) is 19.9 Å². The first-order valence-corrected chi connectivity index (χ1v) is 4.95. The Kier molecular flexibility index (Phi) is 1.58. The van der Waals surface area contributed by atoms with E-state index in [0.29, 0.717) is 24.5 Å². The molecule has 0 N–H and O–H groups in total. The van der Waals surface area contributed by atoms with E-state index in [0.717, 1.165) is 12.8 Å². The molecule has 2 saturated carbocycles. The first-order valence-electron chi connectivity index (χ1n) is 4.95. The highest BCUT2D eigenvalue weighted by atomic mass is 16.1. The first-order chi connectivity index (χ1) is 6.04. The third-order valence-corrected chi connectivity index (χ3v) is 4.65. The zero-order valence-corrected chi connectivity index (χ0v) is 8.26. The second-order valence-corrected chi connectivity index (χ2v) is 4.95. The van der Waals surface area contributed by atoms with Crippen LogP contribution in [0.15, 0.2) is 0 Å². The molecule has 13 heavy (non-hydrogen) atoms. The van der Waals surface area contributed by atoms with Gasteiger partial charge in [0.2, 0.25) is 0 Å². The summed E-state index contributed by atoms with van der Waals surface area (Å²) in [5.74, 6) is 0.867. The van der Waals surface area contributed by atoms with Crippen LogP contribution in [0.2, 0.25) is 0 Å². The summed E-state index contributed by atoms with van der Waals surface area (Å²) in [5, 5.41) is 8.79. The second-order valence-electron chi connectivity index (χ2n) is 4.95. The van der Waals surface area contributed by atoms with E-state index < -0.39 is 0 Å². The molecule has 2 nitrogen and oxygen atoms in total. The molecular weight excluding hydrogens is 162 g/mol. The Labute approximate surface area is 78.9 Å². The highest BCUT2D eigenvalue weighted by Gasteiger charge is 2.63. The van der Waals surface area contributed by atoms with E-state index in [1.54, 1.807) is 0 Å². The number of Topliss-reactive ketones (excluding diaryl/α,β-unsaturated/α-hetero) is 1. The zero-order valence-electron chi connectivity index (χ0n) is 8.26. The third-order valence-electron chi connectivity index (χ3n) is 4.65. The van der Waals surface area contributed by atoms with Crippen molar-refractivity contribution in [2.75, 3.05) is 0 Å². The topological polar surface area (TPSA) is 40.9 Å². The molecule has 2 heteroatoms. The van der Waals surface area contributed by atoms with E-state index in [1.165, 1.54) is 0 Å². The van der Waals surface area contributed by atoms with Gasteiger partial charge in [-0.15, -0.1) is 0 Å². The van der Waals surface area contributed by atoms with Crippen LogP contribution in [0.3, 0.4) is 0 Å². The molecule has 0 unspecified atom stereocenters. The van der Waals surface area contributed by atoms with Gasteiger partial charge in [-0.3, -0.25) is 4.79 Å². The van der Waals surface area contributed by atoms with E-state index in [9.17, 15) is 4.79 Å². The van der Waals surface area contributed by atoms with Gasteiger partial charge >= 0.3 is 0 Å². The normalized spacial score (nSPS) is 48.1. The Morgan fingerprint density at radius 1 is 1.62 bits per heavy atom. The standard InChI is InChI=1S/C11H15NO/c1-10(5-6-12)8-3-4-11(10,2)9(13)7-8/h8H,3-5,7H2,1-2H3/t8-,10-,11+/m1/s1. The van der Waals surface area contributed by atoms with Crippen molar-refractivity contribution in [3.05, 3.63) is 0 Å². The predicted molar refractivity (Wildman–Crippen MR) is 48.8 cm³/mol. The molecule has 0 radical (unpaired) electrons. The van der Waals surface area contributed by atoms with E-state index in [1.807, 2.05) is 0 Å². The smallest absolute Gasteiger partial charge is 0.139 e. The molecule has 2 aliphatic rings. The molecule has 0 aromatic rings. The van der Waals surface area contributed by atoms with Crippen LogP contribution in [-0.4, -0.2) is 5.78 Å². The van der Waals surface area contributed by atoms with Gasteiger partial charge in [0, 0.05) is 18.3 Å². The lowest BCUT2D eigenvalue weighted by Crippen LogP contribution is -2.34. The molecule has 0 aliphatic heterocycles. The molecule has 0 spiro atoms. The van der Waals surface area contributed by atoms with Crippen molar-refractivity contribution in [2.45, 2.75) is 39.5 Å². The third kappa shape index (κ3) is 0.802. The summed E-state index contributed by atoms with van der Waals surface area (Å²) < 4.78 is 0. The summed E-state index contributed by atoms with van der Waals surface area (Å²) in [4.78, 5) is 11.7. The van der Waals surface area contributed by atoms with Gasteiger partial charge in [-0.1, -0.05) is 13.8 Å². The average Bonchev–Trinajstić information content (AvgIpc) is 2.39. The van der Waals surface area contributed by atoms with Crippen LogP contribution in [0, 0.1) is 28.1 Å². The number of nitriles is 1. The fourth-order valence-electron chi connectivity index (χ4n) is 3.26. The Balaban J connectivity index is 2.42. The lowest BCUT2D eigenvalue weighted by molar-refractivity contribution is -0.128. The van der Waals surface area contributed by atoms with Crippen molar-refractivity contribution in [3.63, 3.8) is 0 Å². The minimum absolute atomic E-state index is 0.0289. The molecule has 2 fully saturated rings. The Bertz CT molecular complexity index is 304. The van der Waals surface area contributed by atoms with Crippen molar-refractivity contribution in [1.29, 1.82) is 5.26 Å². The Morgan fingerprint density at radius 2 is 2.31 bits per heavy atom. The number of ketones is 1. The number of rotatable bonds is 1. The van der Waals surface area contributed by atoms with Gasteiger partial charge < -0.3 is 0 Å². The van der Waals surface area contributed by atoms with Crippen molar-refractivity contribution in [3.8, 4) is 6.07 Å². The molecule has 2 bridgehead atoms. The molecule has 2 rings (SSSR count). The molecular formula is C11H15NO. The van der Waals surface area contributed by atoms with Crippen molar-refractivity contribution < 1.29 is 4.79 Å². The van der Waals surface area contributed by atoms with Crippen LogP contribution in [0.5, 0.6) is 0 Å². The van der Waals surface area contributed by atoms with E-state index in [4.69, 9.17) is 5.26 Å². The van der Waals surface area contributed by atoms with E-state index in [-0.39, 0.29) is 10.8 Å². The molecule has 0 amide bonds. The molecule has 3 atom stereocenters. The average molecular weight is 177 g/mol. The van der Waals surface area contributed by atoms with Gasteiger partial charge in [0.25, 0.3) is 0 Å². The Morgan fingerprint density at radius 3 is 2.69 bits per heavy atom. The number of carbonyl (C=O) groups excluding carboxylic acids is 1. The summed E-state index contributed by atoms with van der Waals surface area (Å²) in [7, 11) is 0. The number of fused-ring (bicyclic) bond motifs is 2. The van der Waals surface area contributed by atoms with Crippen LogP contribution >= 0.6 is 0 Å². The van der Waals surface area contributed by atoms with Gasteiger partial charge in [-0.05, 0) is 24.2 Å². The monoisotopic (exact) mass is 177 g/mol. The number of carbonyl (C=O) groups is 1. The maximum Gasteiger partial charge on any atom is 0.139 e. The van der Waals surface area contributed by atoms with Gasteiger partial charge in [0.15, 0.2) is 0 Å².